The lowest BCUT2D eigenvalue weighted by molar-refractivity contribution is -0.141. The number of hydrogen-bond donors (Lipinski definition) is 1. The summed E-state index contributed by atoms with van der Waals surface area (Å²) in [6.45, 7) is 0.428. The first kappa shape index (κ1) is 18.0. The first-order valence-electron chi connectivity index (χ1n) is 7.22. The Morgan fingerprint density at radius 3 is 2.83 bits per heavy atom. The van der Waals surface area contributed by atoms with Gasteiger partial charge in [0.25, 0.3) is 5.92 Å². The third-order valence-electron chi connectivity index (χ3n) is 4.01. The van der Waals surface area contributed by atoms with Crippen molar-refractivity contribution in [2.45, 2.75) is 24.5 Å². The zero-order valence-corrected chi connectivity index (χ0v) is 13.1. The van der Waals surface area contributed by atoms with Crippen LogP contribution in [0.2, 0.25) is 0 Å². The third-order valence-corrected chi connectivity index (χ3v) is 4.01. The van der Waals surface area contributed by atoms with Gasteiger partial charge in [0.1, 0.15) is 11.9 Å². The van der Waals surface area contributed by atoms with Crippen molar-refractivity contribution in [3.8, 4) is 0 Å². The number of alkyl halides is 2. The van der Waals surface area contributed by atoms with Crippen molar-refractivity contribution in [2.24, 2.45) is 0 Å². The van der Waals surface area contributed by atoms with Gasteiger partial charge in [0.15, 0.2) is 0 Å². The van der Waals surface area contributed by atoms with E-state index in [-0.39, 0.29) is 30.7 Å². The summed E-state index contributed by atoms with van der Waals surface area (Å²) in [6, 6.07) is 5.14. The summed E-state index contributed by atoms with van der Waals surface area (Å²) < 4.78 is 45.3. The molecule has 0 bridgehead atoms. The summed E-state index contributed by atoms with van der Waals surface area (Å²) in [7, 11) is 0. The minimum absolute atomic E-state index is 0. The Morgan fingerprint density at radius 2 is 2.17 bits per heavy atom. The van der Waals surface area contributed by atoms with Crippen molar-refractivity contribution >= 4 is 18.3 Å². The van der Waals surface area contributed by atoms with Gasteiger partial charge in [-0.15, -0.1) is 12.4 Å². The maximum atomic E-state index is 13.3. The molecule has 1 aromatic rings. The van der Waals surface area contributed by atoms with Crippen molar-refractivity contribution in [3.63, 3.8) is 0 Å². The van der Waals surface area contributed by atoms with Crippen LogP contribution in [0.25, 0.3) is 0 Å². The summed E-state index contributed by atoms with van der Waals surface area (Å²) in [5.41, 5.74) is 0.641. The topological polar surface area (TPSA) is 41.6 Å². The van der Waals surface area contributed by atoms with Gasteiger partial charge in [0.05, 0.1) is 25.7 Å². The van der Waals surface area contributed by atoms with Gasteiger partial charge in [-0.3, -0.25) is 10.1 Å². The molecule has 2 fully saturated rings. The molecule has 3 rings (SSSR count). The van der Waals surface area contributed by atoms with E-state index in [0.29, 0.717) is 18.7 Å². The van der Waals surface area contributed by atoms with E-state index in [9.17, 15) is 18.0 Å². The molecule has 23 heavy (non-hydrogen) atoms. The van der Waals surface area contributed by atoms with Crippen molar-refractivity contribution in [2.75, 3.05) is 26.2 Å². The molecule has 2 unspecified atom stereocenters. The summed E-state index contributed by atoms with van der Waals surface area (Å²) in [5, 5.41) is 2.57. The van der Waals surface area contributed by atoms with Crippen LogP contribution < -0.4 is 5.32 Å². The van der Waals surface area contributed by atoms with Crippen LogP contribution in [0.5, 0.6) is 0 Å². The minimum atomic E-state index is -2.84. The molecule has 2 saturated heterocycles. The van der Waals surface area contributed by atoms with Crippen LogP contribution in [0.1, 0.15) is 18.1 Å². The summed E-state index contributed by atoms with van der Waals surface area (Å²) >= 11 is 0. The monoisotopic (exact) mass is 350 g/mol. The predicted octanol–water partition coefficient (Wildman–Crippen LogP) is 2.14. The zero-order chi connectivity index (χ0) is 15.7. The molecule has 128 valence electrons. The Balaban J connectivity index is 0.00000192. The smallest absolute Gasteiger partial charge is 0.262 e. The molecule has 2 aliphatic heterocycles. The molecule has 0 spiro atoms. The van der Waals surface area contributed by atoms with Crippen molar-refractivity contribution < 1.29 is 22.7 Å². The number of rotatable bonds is 2. The van der Waals surface area contributed by atoms with Crippen molar-refractivity contribution in [1.82, 2.24) is 10.2 Å². The van der Waals surface area contributed by atoms with Gasteiger partial charge in [-0.05, 0) is 17.7 Å². The van der Waals surface area contributed by atoms with E-state index in [2.05, 4.69) is 5.32 Å². The molecule has 2 aliphatic rings. The van der Waals surface area contributed by atoms with Crippen LogP contribution >= 0.6 is 12.4 Å². The highest BCUT2D eigenvalue weighted by atomic mass is 35.5. The van der Waals surface area contributed by atoms with Gasteiger partial charge in [0.2, 0.25) is 5.91 Å². The fourth-order valence-electron chi connectivity index (χ4n) is 2.87. The normalized spacial score (nSPS) is 26.7. The SMILES string of the molecule is Cl.O=C(C1CC(F)(F)CN1)N1CCOC(c2cccc(F)c2)C1. The quantitative estimate of drug-likeness (QED) is 0.888. The Bertz CT molecular complexity index is 573. The fourth-order valence-corrected chi connectivity index (χ4v) is 2.87. The molecule has 0 aliphatic carbocycles. The fraction of sp³-hybridized carbons (Fsp3) is 0.533. The van der Waals surface area contributed by atoms with Gasteiger partial charge in [-0.2, -0.15) is 0 Å². The predicted molar refractivity (Wildman–Crippen MR) is 80.3 cm³/mol. The highest BCUT2D eigenvalue weighted by Gasteiger charge is 2.44. The number of halogens is 4. The van der Waals surface area contributed by atoms with E-state index in [0.717, 1.165) is 0 Å². The first-order valence-corrected chi connectivity index (χ1v) is 7.22. The number of hydrogen-bond acceptors (Lipinski definition) is 3. The van der Waals surface area contributed by atoms with E-state index < -0.39 is 31.0 Å². The molecule has 1 N–H and O–H groups in total. The molecular formula is C15H18ClF3N2O2. The zero-order valence-electron chi connectivity index (χ0n) is 12.3. The van der Waals surface area contributed by atoms with E-state index >= 15 is 0 Å². The maximum Gasteiger partial charge on any atom is 0.262 e. The largest absolute Gasteiger partial charge is 0.370 e. The standard InChI is InChI=1S/C15H17F3N2O2.ClH/c16-11-3-1-2-10(6-11)13-8-20(4-5-22-13)14(21)12-7-15(17,18)9-19-12;/h1-3,6,12-13,19H,4-5,7-9H2;1H. The number of benzene rings is 1. The molecule has 0 radical (unpaired) electrons. The van der Waals surface area contributed by atoms with E-state index in [1.54, 1.807) is 12.1 Å². The minimum Gasteiger partial charge on any atom is -0.370 e. The average molecular weight is 351 g/mol. The van der Waals surface area contributed by atoms with E-state index in [1.165, 1.54) is 17.0 Å². The summed E-state index contributed by atoms with van der Waals surface area (Å²) in [6.07, 6.45) is -0.913. The molecule has 8 heteroatoms. The second-order valence-corrected chi connectivity index (χ2v) is 5.69. The molecule has 0 saturated carbocycles. The highest BCUT2D eigenvalue weighted by molar-refractivity contribution is 5.85. The molecule has 2 atom stereocenters. The average Bonchev–Trinajstić information content (AvgIpc) is 2.87. The third kappa shape index (κ3) is 4.16. The maximum absolute atomic E-state index is 13.3. The lowest BCUT2D eigenvalue weighted by Crippen LogP contribution is -2.49. The summed E-state index contributed by atoms with van der Waals surface area (Å²) in [5.74, 6) is -3.56. The highest BCUT2D eigenvalue weighted by Crippen LogP contribution is 2.28. The van der Waals surface area contributed by atoms with Crippen LogP contribution in [0, 0.1) is 5.82 Å². The number of carbonyl (C=O) groups is 1. The molecule has 1 amide bonds. The molecule has 2 heterocycles. The second kappa shape index (κ2) is 7.07. The second-order valence-electron chi connectivity index (χ2n) is 5.69. The van der Waals surface area contributed by atoms with E-state index in [4.69, 9.17) is 4.74 Å². The molecule has 4 nitrogen and oxygen atoms in total. The Hall–Kier alpha value is -1.31. The van der Waals surface area contributed by atoms with Crippen LogP contribution in [-0.4, -0.2) is 49.0 Å². The number of carbonyl (C=O) groups excluding carboxylic acids is 1. The first-order chi connectivity index (χ1) is 10.4. The number of ether oxygens (including phenoxy) is 1. The van der Waals surface area contributed by atoms with E-state index in [1.807, 2.05) is 0 Å². The van der Waals surface area contributed by atoms with Gasteiger partial charge in [0, 0.05) is 13.0 Å². The molecular weight excluding hydrogens is 333 g/mol. The molecule has 1 aromatic carbocycles. The summed E-state index contributed by atoms with van der Waals surface area (Å²) in [4.78, 5) is 13.8. The van der Waals surface area contributed by atoms with Gasteiger partial charge >= 0.3 is 0 Å². The molecule has 0 aromatic heterocycles. The number of amides is 1. The lowest BCUT2D eigenvalue weighted by Gasteiger charge is -2.34. The van der Waals surface area contributed by atoms with Crippen LogP contribution in [-0.2, 0) is 9.53 Å². The Kier molecular flexibility index (Phi) is 5.54. The number of nitrogens with zero attached hydrogens (tertiary/aromatic N) is 1. The van der Waals surface area contributed by atoms with Crippen LogP contribution in [0.4, 0.5) is 13.2 Å². The number of morpholine rings is 1. The van der Waals surface area contributed by atoms with Crippen LogP contribution in [0.15, 0.2) is 24.3 Å². The van der Waals surface area contributed by atoms with Gasteiger partial charge in [-0.1, -0.05) is 12.1 Å². The van der Waals surface area contributed by atoms with Crippen LogP contribution in [0.3, 0.4) is 0 Å². The van der Waals surface area contributed by atoms with Crippen molar-refractivity contribution in [1.29, 1.82) is 0 Å². The van der Waals surface area contributed by atoms with Crippen molar-refractivity contribution in [3.05, 3.63) is 35.6 Å². The lowest BCUT2D eigenvalue weighted by atomic mass is 10.1. The van der Waals surface area contributed by atoms with Gasteiger partial charge in [-0.25, -0.2) is 13.2 Å². The Labute approximate surface area is 138 Å². The Morgan fingerprint density at radius 1 is 1.39 bits per heavy atom. The number of nitrogens with one attached hydrogen (secondary N) is 1. The van der Waals surface area contributed by atoms with Gasteiger partial charge < -0.3 is 9.64 Å².